The maximum Gasteiger partial charge on any atom is 0.115 e. The zero-order valence-corrected chi connectivity index (χ0v) is 10.9. The first kappa shape index (κ1) is 10.6. The van der Waals surface area contributed by atoms with Gasteiger partial charge in [-0.15, -0.1) is 11.3 Å². The van der Waals surface area contributed by atoms with Crippen molar-refractivity contribution in [2.45, 2.75) is 20.4 Å². The van der Waals surface area contributed by atoms with Crippen LogP contribution in [-0.2, 0) is 6.54 Å². The molecule has 0 fully saturated rings. The van der Waals surface area contributed by atoms with Gasteiger partial charge in [-0.25, -0.2) is 4.98 Å². The summed E-state index contributed by atoms with van der Waals surface area (Å²) in [5, 5.41) is 5.38. The first-order valence-corrected chi connectivity index (χ1v) is 6.08. The van der Waals surface area contributed by atoms with Gasteiger partial charge >= 0.3 is 0 Å². The van der Waals surface area contributed by atoms with Gasteiger partial charge in [-0.05, 0) is 29.8 Å². The van der Waals surface area contributed by atoms with Gasteiger partial charge in [-0.1, -0.05) is 0 Å². The van der Waals surface area contributed by atoms with Crippen molar-refractivity contribution in [1.82, 2.24) is 14.8 Å². The van der Waals surface area contributed by atoms with Crippen LogP contribution in [0.25, 0.3) is 0 Å². The van der Waals surface area contributed by atoms with E-state index < -0.39 is 0 Å². The Labute approximate surface area is 100 Å². The number of thiazole rings is 1. The summed E-state index contributed by atoms with van der Waals surface area (Å²) in [5.74, 6) is 0. The molecule has 0 unspecified atom stereocenters. The highest BCUT2D eigenvalue weighted by Crippen LogP contribution is 2.21. The van der Waals surface area contributed by atoms with Gasteiger partial charge < -0.3 is 5.73 Å². The number of rotatable bonds is 2. The Morgan fingerprint density at radius 2 is 2.27 bits per heavy atom. The van der Waals surface area contributed by atoms with Crippen LogP contribution in [0, 0.1) is 13.8 Å². The highest BCUT2D eigenvalue weighted by molar-refractivity contribution is 9.11. The summed E-state index contributed by atoms with van der Waals surface area (Å²) in [6.45, 7) is 4.56. The van der Waals surface area contributed by atoms with Crippen molar-refractivity contribution in [2.75, 3.05) is 5.73 Å². The van der Waals surface area contributed by atoms with Gasteiger partial charge in [0.15, 0.2) is 0 Å². The fraction of sp³-hybridized carbons (Fsp3) is 0.333. The van der Waals surface area contributed by atoms with E-state index in [0.717, 1.165) is 25.9 Å². The Kier molecular flexibility index (Phi) is 2.79. The molecule has 0 atom stereocenters. The van der Waals surface area contributed by atoms with Crippen molar-refractivity contribution < 1.29 is 0 Å². The van der Waals surface area contributed by atoms with Crippen molar-refractivity contribution >= 4 is 33.0 Å². The molecule has 2 heterocycles. The van der Waals surface area contributed by atoms with Crippen LogP contribution in [0.2, 0.25) is 0 Å². The van der Waals surface area contributed by atoms with E-state index in [1.807, 2.05) is 18.5 Å². The van der Waals surface area contributed by atoms with E-state index in [2.05, 4.69) is 26.0 Å². The Balaban J connectivity index is 2.28. The number of hydrogen-bond acceptors (Lipinski definition) is 4. The normalized spacial score (nSPS) is 10.9. The minimum atomic E-state index is 0.681. The van der Waals surface area contributed by atoms with Crippen LogP contribution >= 0.6 is 27.3 Å². The summed E-state index contributed by atoms with van der Waals surface area (Å²) in [6, 6.07) is 0. The fourth-order valence-electron chi connectivity index (χ4n) is 1.35. The third kappa shape index (κ3) is 2.05. The van der Waals surface area contributed by atoms with Crippen LogP contribution in [0.1, 0.15) is 16.4 Å². The van der Waals surface area contributed by atoms with E-state index in [1.54, 1.807) is 17.5 Å². The standard InChI is InChI=1S/C9H11BrN4S/c1-5-9(11)6(2)14(13-5)4-8-12-3-7(10)15-8/h3H,4,11H2,1-2H3. The molecule has 0 saturated carbocycles. The molecule has 2 aromatic rings. The molecule has 0 radical (unpaired) electrons. The molecule has 4 nitrogen and oxygen atoms in total. The maximum atomic E-state index is 5.85. The van der Waals surface area contributed by atoms with E-state index in [0.29, 0.717) is 6.54 Å². The summed E-state index contributed by atoms with van der Waals surface area (Å²) in [7, 11) is 0. The lowest BCUT2D eigenvalue weighted by Gasteiger charge is -2.00. The molecule has 0 aliphatic rings. The van der Waals surface area contributed by atoms with E-state index in [-0.39, 0.29) is 0 Å². The molecule has 0 bridgehead atoms. The first-order chi connectivity index (χ1) is 7.08. The van der Waals surface area contributed by atoms with Gasteiger partial charge in [-0.3, -0.25) is 4.68 Å². The zero-order valence-electron chi connectivity index (χ0n) is 8.49. The number of aryl methyl sites for hydroxylation is 1. The second kappa shape index (κ2) is 3.94. The highest BCUT2D eigenvalue weighted by Gasteiger charge is 2.09. The van der Waals surface area contributed by atoms with E-state index >= 15 is 0 Å². The van der Waals surface area contributed by atoms with Crippen molar-refractivity contribution in [1.29, 1.82) is 0 Å². The Morgan fingerprint density at radius 1 is 1.53 bits per heavy atom. The molecule has 0 aromatic carbocycles. The quantitative estimate of drug-likeness (QED) is 0.922. The van der Waals surface area contributed by atoms with Gasteiger partial charge in [0.2, 0.25) is 0 Å². The molecule has 0 aliphatic heterocycles. The summed E-state index contributed by atoms with van der Waals surface area (Å²) in [6.07, 6.45) is 1.80. The lowest BCUT2D eigenvalue weighted by molar-refractivity contribution is 0.656. The minimum Gasteiger partial charge on any atom is -0.396 e. The average Bonchev–Trinajstić information content (AvgIpc) is 2.68. The van der Waals surface area contributed by atoms with Crippen LogP contribution in [0.3, 0.4) is 0 Å². The van der Waals surface area contributed by atoms with Gasteiger partial charge in [0.05, 0.1) is 33.6 Å². The van der Waals surface area contributed by atoms with Crippen molar-refractivity contribution in [3.63, 3.8) is 0 Å². The van der Waals surface area contributed by atoms with Crippen molar-refractivity contribution in [2.24, 2.45) is 0 Å². The van der Waals surface area contributed by atoms with Gasteiger partial charge in [-0.2, -0.15) is 5.10 Å². The number of nitrogen functional groups attached to an aromatic ring is 1. The van der Waals surface area contributed by atoms with E-state index in [1.165, 1.54) is 0 Å². The summed E-state index contributed by atoms with van der Waals surface area (Å²) in [5.41, 5.74) is 8.50. The molecule has 80 valence electrons. The Morgan fingerprint density at radius 3 is 2.73 bits per heavy atom. The molecule has 2 rings (SSSR count). The largest absolute Gasteiger partial charge is 0.396 e. The second-order valence-corrected chi connectivity index (χ2v) is 5.79. The molecule has 0 amide bonds. The molecule has 15 heavy (non-hydrogen) atoms. The SMILES string of the molecule is Cc1nn(Cc2ncc(Br)s2)c(C)c1N. The van der Waals surface area contributed by atoms with Crippen LogP contribution in [0.4, 0.5) is 5.69 Å². The van der Waals surface area contributed by atoms with Crippen molar-refractivity contribution in [3.05, 3.63) is 26.4 Å². The fourth-order valence-corrected chi connectivity index (χ4v) is 2.64. The molecular formula is C9H11BrN4S. The third-order valence-corrected chi connectivity index (χ3v) is 3.71. The number of halogens is 1. The number of nitrogens with two attached hydrogens (primary N) is 1. The average molecular weight is 287 g/mol. The third-order valence-electron chi connectivity index (χ3n) is 2.25. The van der Waals surface area contributed by atoms with Crippen LogP contribution < -0.4 is 5.73 Å². The molecular weight excluding hydrogens is 276 g/mol. The minimum absolute atomic E-state index is 0.681. The van der Waals surface area contributed by atoms with Crippen LogP contribution in [0.15, 0.2) is 9.98 Å². The lowest BCUT2D eigenvalue weighted by Crippen LogP contribution is -2.03. The first-order valence-electron chi connectivity index (χ1n) is 4.47. The maximum absolute atomic E-state index is 5.85. The van der Waals surface area contributed by atoms with Gasteiger partial charge in [0.25, 0.3) is 0 Å². The number of anilines is 1. The number of nitrogens with zero attached hydrogens (tertiary/aromatic N) is 3. The topological polar surface area (TPSA) is 56.7 Å². The molecule has 0 saturated heterocycles. The smallest absolute Gasteiger partial charge is 0.115 e. The lowest BCUT2D eigenvalue weighted by atomic mass is 10.3. The van der Waals surface area contributed by atoms with Crippen molar-refractivity contribution in [3.8, 4) is 0 Å². The Hall–Kier alpha value is -0.880. The van der Waals surface area contributed by atoms with Gasteiger partial charge in [0.1, 0.15) is 5.01 Å². The second-order valence-electron chi connectivity index (χ2n) is 3.30. The summed E-state index contributed by atoms with van der Waals surface area (Å²) >= 11 is 5.00. The monoisotopic (exact) mass is 286 g/mol. The van der Waals surface area contributed by atoms with Crippen LogP contribution in [-0.4, -0.2) is 14.8 Å². The van der Waals surface area contributed by atoms with Crippen LogP contribution in [0.5, 0.6) is 0 Å². The molecule has 6 heteroatoms. The van der Waals surface area contributed by atoms with E-state index in [4.69, 9.17) is 5.73 Å². The summed E-state index contributed by atoms with van der Waals surface area (Å²) in [4.78, 5) is 4.26. The van der Waals surface area contributed by atoms with Gasteiger partial charge in [0, 0.05) is 0 Å². The zero-order chi connectivity index (χ0) is 11.0. The predicted molar refractivity (Wildman–Crippen MR) is 65.0 cm³/mol. The predicted octanol–water partition coefficient (Wildman–Crippen LogP) is 2.35. The summed E-state index contributed by atoms with van der Waals surface area (Å²) < 4.78 is 2.92. The molecule has 0 spiro atoms. The molecule has 2 N–H and O–H groups in total. The number of hydrogen-bond donors (Lipinski definition) is 1. The highest BCUT2D eigenvalue weighted by atomic mass is 79.9. The molecule has 2 aromatic heterocycles. The van der Waals surface area contributed by atoms with E-state index in [9.17, 15) is 0 Å². The molecule has 0 aliphatic carbocycles. The Bertz CT molecular complexity index is 488. The number of aromatic nitrogens is 3.